The highest BCUT2D eigenvalue weighted by Crippen LogP contribution is 2.25. The van der Waals surface area contributed by atoms with Gasteiger partial charge in [-0.1, -0.05) is 26.7 Å². The fourth-order valence-electron chi connectivity index (χ4n) is 2.84. The van der Waals surface area contributed by atoms with Crippen molar-refractivity contribution in [3.05, 3.63) is 0 Å². The number of carboxylic acid groups (broad SMARTS) is 1. The molecule has 100 valence electrons. The standard InChI is InChI=1S/C14H27NO2/c1-3-5-6-13(4-2)15-10-9-12(11-15)7-8-14(16)17/h12-13H,3-11H2,1-2H3,(H,16,17). The quantitative estimate of drug-likeness (QED) is 0.709. The van der Waals surface area contributed by atoms with Gasteiger partial charge in [-0.25, -0.2) is 0 Å². The molecule has 0 amide bonds. The molecule has 2 atom stereocenters. The van der Waals surface area contributed by atoms with Gasteiger partial charge < -0.3 is 10.0 Å². The van der Waals surface area contributed by atoms with Crippen LogP contribution < -0.4 is 0 Å². The maximum Gasteiger partial charge on any atom is 0.303 e. The van der Waals surface area contributed by atoms with Crippen molar-refractivity contribution in [2.24, 2.45) is 5.92 Å². The first-order chi connectivity index (χ1) is 8.17. The largest absolute Gasteiger partial charge is 0.481 e. The number of unbranched alkanes of at least 4 members (excludes halogenated alkanes) is 1. The molecule has 1 rings (SSSR count). The Morgan fingerprint density at radius 1 is 1.47 bits per heavy atom. The number of likely N-dealkylation sites (tertiary alicyclic amines) is 1. The predicted octanol–water partition coefficient (Wildman–Crippen LogP) is 3.14. The molecule has 1 N–H and O–H groups in total. The number of hydrogen-bond acceptors (Lipinski definition) is 2. The fraction of sp³-hybridized carbons (Fsp3) is 0.929. The zero-order valence-corrected chi connectivity index (χ0v) is 11.3. The third-order valence-corrected chi connectivity index (χ3v) is 3.96. The van der Waals surface area contributed by atoms with Crippen LogP contribution in [-0.2, 0) is 4.79 Å². The SMILES string of the molecule is CCCCC(CC)N1CCC(CCC(=O)O)C1. The maximum absolute atomic E-state index is 10.6. The lowest BCUT2D eigenvalue weighted by Gasteiger charge is -2.26. The highest BCUT2D eigenvalue weighted by atomic mass is 16.4. The highest BCUT2D eigenvalue weighted by molar-refractivity contribution is 5.66. The number of rotatable bonds is 8. The zero-order valence-electron chi connectivity index (χ0n) is 11.3. The van der Waals surface area contributed by atoms with Gasteiger partial charge in [-0.2, -0.15) is 0 Å². The normalized spacial score (nSPS) is 22.8. The van der Waals surface area contributed by atoms with Crippen LogP contribution >= 0.6 is 0 Å². The van der Waals surface area contributed by atoms with E-state index in [1.54, 1.807) is 0 Å². The Kier molecular flexibility index (Phi) is 6.56. The average Bonchev–Trinajstić information content (AvgIpc) is 2.76. The Morgan fingerprint density at radius 2 is 2.24 bits per heavy atom. The first kappa shape index (κ1) is 14.5. The van der Waals surface area contributed by atoms with Crippen molar-refractivity contribution < 1.29 is 9.90 Å². The summed E-state index contributed by atoms with van der Waals surface area (Å²) < 4.78 is 0. The molecule has 2 unspecified atom stereocenters. The zero-order chi connectivity index (χ0) is 12.7. The molecule has 1 saturated heterocycles. The second-order valence-electron chi connectivity index (χ2n) is 5.29. The van der Waals surface area contributed by atoms with Gasteiger partial charge in [-0.3, -0.25) is 4.79 Å². The van der Waals surface area contributed by atoms with Gasteiger partial charge in [-0.05, 0) is 38.1 Å². The van der Waals surface area contributed by atoms with Crippen molar-refractivity contribution in [1.82, 2.24) is 4.90 Å². The molecule has 1 aliphatic heterocycles. The van der Waals surface area contributed by atoms with Crippen molar-refractivity contribution in [3.8, 4) is 0 Å². The van der Waals surface area contributed by atoms with Crippen molar-refractivity contribution in [2.75, 3.05) is 13.1 Å². The van der Waals surface area contributed by atoms with E-state index in [0.717, 1.165) is 19.0 Å². The van der Waals surface area contributed by atoms with Gasteiger partial charge in [0, 0.05) is 19.0 Å². The molecule has 3 nitrogen and oxygen atoms in total. The van der Waals surface area contributed by atoms with E-state index < -0.39 is 5.97 Å². The minimum absolute atomic E-state index is 0.338. The molecule has 0 saturated carbocycles. The summed E-state index contributed by atoms with van der Waals surface area (Å²) >= 11 is 0. The summed E-state index contributed by atoms with van der Waals surface area (Å²) in [5.41, 5.74) is 0. The van der Waals surface area contributed by atoms with E-state index in [-0.39, 0.29) is 0 Å². The molecule has 0 spiro atoms. The smallest absolute Gasteiger partial charge is 0.303 e. The number of carboxylic acids is 1. The van der Waals surface area contributed by atoms with Crippen LogP contribution in [0.4, 0.5) is 0 Å². The maximum atomic E-state index is 10.6. The van der Waals surface area contributed by atoms with E-state index >= 15 is 0 Å². The Balaban J connectivity index is 2.29. The summed E-state index contributed by atoms with van der Waals surface area (Å²) in [5, 5.41) is 8.70. The molecule has 1 fully saturated rings. The van der Waals surface area contributed by atoms with Gasteiger partial charge in [0.15, 0.2) is 0 Å². The third kappa shape index (κ3) is 5.07. The van der Waals surface area contributed by atoms with Crippen LogP contribution in [-0.4, -0.2) is 35.1 Å². The Bertz CT molecular complexity index is 230. The lowest BCUT2D eigenvalue weighted by atomic mass is 10.0. The van der Waals surface area contributed by atoms with Crippen LogP contribution in [0.1, 0.15) is 58.8 Å². The first-order valence-electron chi connectivity index (χ1n) is 7.13. The van der Waals surface area contributed by atoms with Gasteiger partial charge in [0.25, 0.3) is 0 Å². The minimum Gasteiger partial charge on any atom is -0.481 e. The van der Waals surface area contributed by atoms with Crippen LogP contribution in [0, 0.1) is 5.92 Å². The van der Waals surface area contributed by atoms with Crippen molar-refractivity contribution in [1.29, 1.82) is 0 Å². The van der Waals surface area contributed by atoms with Crippen LogP contribution in [0.15, 0.2) is 0 Å². The molecule has 0 bridgehead atoms. The van der Waals surface area contributed by atoms with Crippen molar-refractivity contribution >= 4 is 5.97 Å². The molecular weight excluding hydrogens is 214 g/mol. The lowest BCUT2D eigenvalue weighted by molar-refractivity contribution is -0.137. The van der Waals surface area contributed by atoms with E-state index in [1.165, 1.54) is 38.6 Å². The number of hydrogen-bond donors (Lipinski definition) is 1. The third-order valence-electron chi connectivity index (χ3n) is 3.96. The van der Waals surface area contributed by atoms with Gasteiger partial charge >= 0.3 is 5.97 Å². The molecule has 0 aliphatic carbocycles. The highest BCUT2D eigenvalue weighted by Gasteiger charge is 2.27. The van der Waals surface area contributed by atoms with Crippen LogP contribution in [0.5, 0.6) is 0 Å². The molecule has 3 heteroatoms. The van der Waals surface area contributed by atoms with E-state index in [2.05, 4.69) is 18.7 Å². The first-order valence-corrected chi connectivity index (χ1v) is 7.13. The van der Waals surface area contributed by atoms with Crippen molar-refractivity contribution in [3.63, 3.8) is 0 Å². The second-order valence-corrected chi connectivity index (χ2v) is 5.29. The topological polar surface area (TPSA) is 40.5 Å². The lowest BCUT2D eigenvalue weighted by Crippen LogP contribution is -2.32. The predicted molar refractivity (Wildman–Crippen MR) is 70.2 cm³/mol. The molecule has 1 heterocycles. The van der Waals surface area contributed by atoms with Gasteiger partial charge in [0.2, 0.25) is 0 Å². The molecular formula is C14H27NO2. The summed E-state index contributed by atoms with van der Waals surface area (Å²) in [6, 6.07) is 0.727. The van der Waals surface area contributed by atoms with Crippen LogP contribution in [0.25, 0.3) is 0 Å². The number of nitrogens with zero attached hydrogens (tertiary/aromatic N) is 1. The summed E-state index contributed by atoms with van der Waals surface area (Å²) in [6.07, 6.45) is 7.50. The van der Waals surface area contributed by atoms with Crippen LogP contribution in [0.2, 0.25) is 0 Å². The van der Waals surface area contributed by atoms with E-state index in [4.69, 9.17) is 5.11 Å². The van der Waals surface area contributed by atoms with Gasteiger partial charge in [0.1, 0.15) is 0 Å². The summed E-state index contributed by atoms with van der Waals surface area (Å²) in [7, 11) is 0. The van der Waals surface area contributed by atoms with E-state index in [0.29, 0.717) is 12.3 Å². The summed E-state index contributed by atoms with van der Waals surface area (Å²) in [6.45, 7) is 6.80. The molecule has 1 aliphatic rings. The van der Waals surface area contributed by atoms with Crippen LogP contribution in [0.3, 0.4) is 0 Å². The Labute approximate surface area is 105 Å². The monoisotopic (exact) mass is 241 g/mol. The number of aliphatic carboxylic acids is 1. The summed E-state index contributed by atoms with van der Waals surface area (Å²) in [4.78, 5) is 13.1. The Hall–Kier alpha value is -0.570. The fourth-order valence-corrected chi connectivity index (χ4v) is 2.84. The molecule has 17 heavy (non-hydrogen) atoms. The summed E-state index contributed by atoms with van der Waals surface area (Å²) in [5.74, 6) is -0.0387. The van der Waals surface area contributed by atoms with Crippen molar-refractivity contribution in [2.45, 2.75) is 64.8 Å². The van der Waals surface area contributed by atoms with Gasteiger partial charge in [0.05, 0.1) is 0 Å². The van der Waals surface area contributed by atoms with E-state index in [1.807, 2.05) is 0 Å². The number of carbonyl (C=O) groups is 1. The second kappa shape index (κ2) is 7.70. The van der Waals surface area contributed by atoms with E-state index in [9.17, 15) is 4.79 Å². The molecule has 0 aromatic carbocycles. The molecule has 0 aromatic heterocycles. The minimum atomic E-state index is -0.651. The molecule has 0 radical (unpaired) electrons. The molecule has 0 aromatic rings. The Morgan fingerprint density at radius 3 is 2.82 bits per heavy atom. The van der Waals surface area contributed by atoms with Gasteiger partial charge in [-0.15, -0.1) is 0 Å². The average molecular weight is 241 g/mol.